The van der Waals surface area contributed by atoms with E-state index in [9.17, 15) is 23.4 Å². The molecule has 2 aromatic rings. The van der Waals surface area contributed by atoms with Gasteiger partial charge in [0, 0.05) is 6.07 Å². The lowest BCUT2D eigenvalue weighted by Gasteiger charge is -2.11. The summed E-state index contributed by atoms with van der Waals surface area (Å²) in [6, 6.07) is 9.19. The summed E-state index contributed by atoms with van der Waals surface area (Å²) in [4.78, 5) is 0. The Morgan fingerprint density at radius 3 is 2.16 bits per heavy atom. The van der Waals surface area contributed by atoms with Crippen molar-refractivity contribution in [3.63, 3.8) is 0 Å². The maximum absolute atomic E-state index is 12.1. The summed E-state index contributed by atoms with van der Waals surface area (Å²) in [5, 5.41) is 18.7. The molecule has 0 radical (unpaired) electrons. The predicted molar refractivity (Wildman–Crippen MR) is 61.9 cm³/mol. The Bertz CT molecular complexity index is 594. The number of alkyl halides is 3. The third-order valence-corrected chi connectivity index (χ3v) is 2.30. The van der Waals surface area contributed by atoms with Crippen molar-refractivity contribution in [2.75, 3.05) is 0 Å². The molecule has 100 valence electrons. The lowest BCUT2D eigenvalue weighted by molar-refractivity contribution is -0.274. The monoisotopic (exact) mass is 270 g/mol. The van der Waals surface area contributed by atoms with Crippen molar-refractivity contribution in [3.05, 3.63) is 42.5 Å². The summed E-state index contributed by atoms with van der Waals surface area (Å²) >= 11 is 0. The molecule has 0 fully saturated rings. The fourth-order valence-corrected chi connectivity index (χ4v) is 1.63. The molecule has 0 heterocycles. The van der Waals surface area contributed by atoms with E-state index in [2.05, 4.69) is 4.74 Å². The summed E-state index contributed by atoms with van der Waals surface area (Å²) in [6.07, 6.45) is -4.83. The average molecular weight is 270 g/mol. The van der Waals surface area contributed by atoms with Gasteiger partial charge in [-0.2, -0.15) is 0 Å². The second-order valence-corrected chi connectivity index (χ2v) is 3.81. The molecule has 0 saturated carbocycles. The van der Waals surface area contributed by atoms with Crippen LogP contribution in [0.2, 0.25) is 0 Å². The molecule has 0 aliphatic carbocycles. The van der Waals surface area contributed by atoms with E-state index in [0.717, 1.165) is 12.1 Å². The standard InChI is InChI=1S/C13H9F3O3/c14-13(15,16)19-12-6-9(5-11(18)7-12)8-2-1-3-10(17)4-8/h1-7,17-18H. The van der Waals surface area contributed by atoms with Crippen molar-refractivity contribution in [2.45, 2.75) is 6.36 Å². The van der Waals surface area contributed by atoms with Crippen LogP contribution in [0.5, 0.6) is 17.2 Å². The molecule has 0 unspecified atom stereocenters. The predicted octanol–water partition coefficient (Wildman–Crippen LogP) is 3.66. The molecule has 6 heteroatoms. The van der Waals surface area contributed by atoms with Crippen LogP contribution < -0.4 is 4.74 Å². The zero-order valence-electron chi connectivity index (χ0n) is 9.48. The highest BCUT2D eigenvalue weighted by molar-refractivity contribution is 5.68. The number of rotatable bonds is 2. The highest BCUT2D eigenvalue weighted by atomic mass is 19.4. The minimum absolute atomic E-state index is 0.0286. The van der Waals surface area contributed by atoms with Gasteiger partial charge in [-0.1, -0.05) is 12.1 Å². The molecule has 0 aliphatic heterocycles. The number of hydrogen-bond acceptors (Lipinski definition) is 3. The van der Waals surface area contributed by atoms with Crippen LogP contribution in [0.4, 0.5) is 13.2 Å². The van der Waals surface area contributed by atoms with Gasteiger partial charge in [0.05, 0.1) is 0 Å². The van der Waals surface area contributed by atoms with Gasteiger partial charge < -0.3 is 14.9 Å². The number of phenolic OH excluding ortho intramolecular Hbond substituents is 2. The minimum atomic E-state index is -4.83. The Labute approximate surface area is 106 Å². The van der Waals surface area contributed by atoms with E-state index in [1.165, 1.54) is 18.2 Å². The highest BCUT2D eigenvalue weighted by Crippen LogP contribution is 2.33. The van der Waals surface area contributed by atoms with Gasteiger partial charge in [0.1, 0.15) is 17.2 Å². The Hall–Kier alpha value is -2.37. The van der Waals surface area contributed by atoms with Crippen LogP contribution in [0.1, 0.15) is 0 Å². The number of halogens is 3. The molecular formula is C13H9F3O3. The zero-order chi connectivity index (χ0) is 14.0. The normalized spacial score (nSPS) is 11.3. The first-order chi connectivity index (χ1) is 8.83. The molecule has 0 aromatic heterocycles. The maximum atomic E-state index is 12.1. The lowest BCUT2D eigenvalue weighted by Crippen LogP contribution is -2.17. The van der Waals surface area contributed by atoms with Crippen molar-refractivity contribution < 1.29 is 28.1 Å². The van der Waals surface area contributed by atoms with Crippen LogP contribution in [0, 0.1) is 0 Å². The summed E-state index contributed by atoms with van der Waals surface area (Å²) in [7, 11) is 0. The molecule has 0 atom stereocenters. The Morgan fingerprint density at radius 1 is 0.842 bits per heavy atom. The molecule has 0 spiro atoms. The summed E-state index contributed by atoms with van der Waals surface area (Å²) < 4.78 is 40.1. The Morgan fingerprint density at radius 2 is 1.53 bits per heavy atom. The molecule has 2 aromatic carbocycles. The van der Waals surface area contributed by atoms with E-state index in [1.807, 2.05) is 0 Å². The van der Waals surface area contributed by atoms with E-state index in [4.69, 9.17) is 0 Å². The van der Waals surface area contributed by atoms with Crippen LogP contribution in [0.15, 0.2) is 42.5 Å². The quantitative estimate of drug-likeness (QED) is 0.875. The molecule has 19 heavy (non-hydrogen) atoms. The van der Waals surface area contributed by atoms with Crippen molar-refractivity contribution in [1.82, 2.24) is 0 Å². The van der Waals surface area contributed by atoms with Crippen LogP contribution in [0.3, 0.4) is 0 Å². The van der Waals surface area contributed by atoms with Crippen molar-refractivity contribution in [1.29, 1.82) is 0 Å². The molecule has 2 rings (SSSR count). The van der Waals surface area contributed by atoms with Crippen LogP contribution in [-0.2, 0) is 0 Å². The van der Waals surface area contributed by atoms with Gasteiger partial charge >= 0.3 is 6.36 Å². The minimum Gasteiger partial charge on any atom is -0.508 e. The van der Waals surface area contributed by atoms with Gasteiger partial charge in [0.15, 0.2) is 0 Å². The van der Waals surface area contributed by atoms with E-state index in [-0.39, 0.29) is 11.5 Å². The summed E-state index contributed by atoms with van der Waals surface area (Å²) in [5.74, 6) is -0.912. The second-order valence-electron chi connectivity index (χ2n) is 3.81. The van der Waals surface area contributed by atoms with Gasteiger partial charge in [0.2, 0.25) is 0 Å². The number of aromatic hydroxyl groups is 2. The van der Waals surface area contributed by atoms with Gasteiger partial charge in [-0.05, 0) is 35.4 Å². The Kier molecular flexibility index (Phi) is 3.25. The number of ether oxygens (including phenoxy) is 1. The third kappa shape index (κ3) is 3.54. The first-order valence-electron chi connectivity index (χ1n) is 5.23. The second kappa shape index (κ2) is 4.72. The smallest absolute Gasteiger partial charge is 0.508 e. The van der Waals surface area contributed by atoms with E-state index in [1.54, 1.807) is 12.1 Å². The van der Waals surface area contributed by atoms with Gasteiger partial charge in [-0.15, -0.1) is 13.2 Å². The van der Waals surface area contributed by atoms with Crippen molar-refractivity contribution in [2.24, 2.45) is 0 Å². The fourth-order valence-electron chi connectivity index (χ4n) is 1.63. The van der Waals surface area contributed by atoms with E-state index >= 15 is 0 Å². The van der Waals surface area contributed by atoms with Gasteiger partial charge in [-0.25, -0.2) is 0 Å². The van der Waals surface area contributed by atoms with Crippen LogP contribution in [-0.4, -0.2) is 16.6 Å². The van der Waals surface area contributed by atoms with E-state index in [0.29, 0.717) is 11.1 Å². The number of phenols is 2. The maximum Gasteiger partial charge on any atom is 0.573 e. The SMILES string of the molecule is Oc1cccc(-c2cc(O)cc(OC(F)(F)F)c2)c1. The topological polar surface area (TPSA) is 49.7 Å². The fraction of sp³-hybridized carbons (Fsp3) is 0.0769. The summed E-state index contributed by atoms with van der Waals surface area (Å²) in [5.41, 5.74) is 0.762. The van der Waals surface area contributed by atoms with E-state index < -0.39 is 12.1 Å². The zero-order valence-corrected chi connectivity index (χ0v) is 9.48. The van der Waals surface area contributed by atoms with Crippen LogP contribution in [0.25, 0.3) is 11.1 Å². The largest absolute Gasteiger partial charge is 0.573 e. The molecular weight excluding hydrogens is 261 g/mol. The molecule has 0 aliphatic rings. The highest BCUT2D eigenvalue weighted by Gasteiger charge is 2.31. The lowest BCUT2D eigenvalue weighted by atomic mass is 10.0. The van der Waals surface area contributed by atoms with Gasteiger partial charge in [-0.3, -0.25) is 0 Å². The molecule has 3 nitrogen and oxygen atoms in total. The van der Waals surface area contributed by atoms with Crippen molar-refractivity contribution >= 4 is 0 Å². The number of hydrogen-bond donors (Lipinski definition) is 2. The van der Waals surface area contributed by atoms with Crippen LogP contribution >= 0.6 is 0 Å². The first kappa shape index (κ1) is 13.1. The van der Waals surface area contributed by atoms with Crippen molar-refractivity contribution in [3.8, 4) is 28.4 Å². The molecule has 0 saturated heterocycles. The van der Waals surface area contributed by atoms with Gasteiger partial charge in [0.25, 0.3) is 0 Å². The molecule has 0 amide bonds. The molecule has 2 N–H and O–H groups in total. The first-order valence-corrected chi connectivity index (χ1v) is 5.23. The number of benzene rings is 2. The average Bonchev–Trinajstić information content (AvgIpc) is 2.25. The third-order valence-electron chi connectivity index (χ3n) is 2.30. The Balaban J connectivity index is 2.42. The summed E-state index contributed by atoms with van der Waals surface area (Å²) in [6.45, 7) is 0. The molecule has 0 bridgehead atoms.